The number of nitrogens with one attached hydrogen (secondary N) is 1. The summed E-state index contributed by atoms with van der Waals surface area (Å²) < 4.78 is 9.86. The second-order valence-electron chi connectivity index (χ2n) is 5.39. The van der Waals surface area contributed by atoms with Crippen LogP contribution in [0.15, 0.2) is 18.3 Å². The third kappa shape index (κ3) is 3.88. The molecule has 0 aliphatic rings. The summed E-state index contributed by atoms with van der Waals surface area (Å²) in [6.07, 6.45) is 0.294. The monoisotopic (exact) mass is 364 g/mol. The van der Waals surface area contributed by atoms with E-state index in [1.54, 1.807) is 13.8 Å². The average Bonchev–Trinajstić information content (AvgIpc) is 2.87. The Kier molecular flexibility index (Phi) is 5.58. The van der Waals surface area contributed by atoms with Gasteiger partial charge < -0.3 is 14.5 Å². The third-order valence-electron chi connectivity index (χ3n) is 3.66. The second kappa shape index (κ2) is 7.48. The van der Waals surface area contributed by atoms with E-state index < -0.39 is 23.8 Å². The number of aryl methyl sites for hydroxylation is 1. The molecule has 0 radical (unpaired) electrons. The quantitative estimate of drug-likeness (QED) is 0.647. The van der Waals surface area contributed by atoms with Gasteiger partial charge in [-0.2, -0.15) is 0 Å². The van der Waals surface area contributed by atoms with E-state index >= 15 is 0 Å². The molecule has 0 unspecified atom stereocenters. The van der Waals surface area contributed by atoms with E-state index in [0.29, 0.717) is 21.8 Å². The first-order valence-corrected chi connectivity index (χ1v) is 7.78. The molecule has 2 aromatic heterocycles. The summed E-state index contributed by atoms with van der Waals surface area (Å²) in [6, 6.07) is 2.87. The average molecular weight is 365 g/mol. The molecule has 0 aliphatic heterocycles. The smallest absolute Gasteiger partial charge is 0.357 e. The Morgan fingerprint density at radius 2 is 1.92 bits per heavy atom. The predicted octanol–water partition coefficient (Wildman–Crippen LogP) is 2.89. The molecule has 1 N–H and O–H groups in total. The molecule has 0 saturated carbocycles. The zero-order valence-corrected chi connectivity index (χ0v) is 14.9. The molecule has 0 fully saturated rings. The van der Waals surface area contributed by atoms with E-state index in [4.69, 9.17) is 21.1 Å². The Labute approximate surface area is 149 Å². The third-order valence-corrected chi connectivity index (χ3v) is 3.89. The van der Waals surface area contributed by atoms with Crippen molar-refractivity contribution in [3.05, 3.63) is 51.6 Å². The van der Waals surface area contributed by atoms with Crippen molar-refractivity contribution in [1.82, 2.24) is 9.97 Å². The maximum atomic E-state index is 12.6. The molecule has 2 rings (SSSR count). The summed E-state index contributed by atoms with van der Waals surface area (Å²) in [6.45, 7) is 4.72. The molecule has 25 heavy (non-hydrogen) atoms. The van der Waals surface area contributed by atoms with Gasteiger partial charge in [0.1, 0.15) is 5.69 Å². The van der Waals surface area contributed by atoms with Crippen LogP contribution in [-0.2, 0) is 9.47 Å². The number of rotatable bonds is 5. The number of hydrogen-bond acceptors (Lipinski definition) is 6. The fourth-order valence-corrected chi connectivity index (χ4v) is 2.56. The number of H-pyrrole nitrogens is 1. The largest absolute Gasteiger partial charge is 0.465 e. The highest BCUT2D eigenvalue weighted by atomic mass is 35.5. The molecule has 7 nitrogen and oxygen atoms in total. The fraction of sp³-hybridized carbons (Fsp3) is 0.294. The van der Waals surface area contributed by atoms with Crippen LogP contribution in [0.25, 0.3) is 0 Å². The number of nitrogens with zero attached hydrogens (tertiary/aromatic N) is 1. The van der Waals surface area contributed by atoms with E-state index in [9.17, 15) is 14.4 Å². The molecule has 0 spiro atoms. The highest BCUT2D eigenvalue weighted by molar-refractivity contribution is 6.30. The van der Waals surface area contributed by atoms with Gasteiger partial charge in [-0.25, -0.2) is 14.6 Å². The first kappa shape index (κ1) is 18.7. The van der Waals surface area contributed by atoms with Crippen molar-refractivity contribution < 1.29 is 23.9 Å². The van der Waals surface area contributed by atoms with Gasteiger partial charge in [-0.05, 0) is 38.5 Å². The molecule has 0 amide bonds. The lowest BCUT2D eigenvalue weighted by Crippen LogP contribution is -2.25. The van der Waals surface area contributed by atoms with E-state index in [1.807, 2.05) is 0 Å². The van der Waals surface area contributed by atoms with Crippen LogP contribution in [0.4, 0.5) is 0 Å². The Bertz CT molecular complexity index is 844. The van der Waals surface area contributed by atoms with Crippen LogP contribution < -0.4 is 0 Å². The minimum absolute atomic E-state index is 0.00166. The molecule has 1 atom stereocenters. The van der Waals surface area contributed by atoms with Crippen molar-refractivity contribution in [3.63, 3.8) is 0 Å². The molecular formula is C17H17ClN2O5. The zero-order valence-electron chi connectivity index (χ0n) is 14.2. The lowest BCUT2D eigenvalue weighted by molar-refractivity contribution is 0.0311. The maximum absolute atomic E-state index is 12.6. The maximum Gasteiger partial charge on any atom is 0.357 e. The number of esters is 2. The first-order valence-electron chi connectivity index (χ1n) is 7.40. The molecule has 2 heterocycles. The van der Waals surface area contributed by atoms with Gasteiger partial charge in [0, 0.05) is 16.9 Å². The highest BCUT2D eigenvalue weighted by Crippen LogP contribution is 2.21. The molecule has 0 saturated heterocycles. The summed E-state index contributed by atoms with van der Waals surface area (Å²) in [7, 11) is 1.26. The van der Waals surface area contributed by atoms with Crippen LogP contribution in [-0.4, -0.2) is 40.9 Å². The normalized spacial score (nSPS) is 11.7. The van der Waals surface area contributed by atoms with Gasteiger partial charge >= 0.3 is 11.9 Å². The minimum Gasteiger partial charge on any atom is -0.465 e. The Morgan fingerprint density at radius 1 is 1.24 bits per heavy atom. The molecule has 0 aromatic carbocycles. The van der Waals surface area contributed by atoms with Gasteiger partial charge in [0.25, 0.3) is 0 Å². The Morgan fingerprint density at radius 3 is 2.52 bits per heavy atom. The van der Waals surface area contributed by atoms with Gasteiger partial charge in [0.15, 0.2) is 6.10 Å². The predicted molar refractivity (Wildman–Crippen MR) is 90.1 cm³/mol. The van der Waals surface area contributed by atoms with Crippen LogP contribution >= 0.6 is 11.6 Å². The fourth-order valence-electron chi connectivity index (χ4n) is 2.40. The van der Waals surface area contributed by atoms with E-state index in [-0.39, 0.29) is 11.4 Å². The zero-order chi connectivity index (χ0) is 18.7. The van der Waals surface area contributed by atoms with Crippen LogP contribution in [0.2, 0.25) is 5.02 Å². The summed E-state index contributed by atoms with van der Waals surface area (Å²) in [5.74, 6) is -1.78. The first-order chi connectivity index (χ1) is 11.8. The van der Waals surface area contributed by atoms with Crippen molar-refractivity contribution in [2.24, 2.45) is 0 Å². The van der Waals surface area contributed by atoms with Crippen LogP contribution in [0.1, 0.15) is 49.5 Å². The number of ether oxygens (including phenoxy) is 2. The Hall–Kier alpha value is -2.67. The van der Waals surface area contributed by atoms with Gasteiger partial charge in [-0.3, -0.25) is 4.79 Å². The molecule has 132 valence electrons. The van der Waals surface area contributed by atoms with Gasteiger partial charge in [-0.1, -0.05) is 11.6 Å². The van der Waals surface area contributed by atoms with Gasteiger partial charge in [0.2, 0.25) is 5.78 Å². The highest BCUT2D eigenvalue weighted by Gasteiger charge is 2.27. The number of Topliss-reactive ketones (excluding diaryl/α,β-unsaturated/α-hetero) is 1. The van der Waals surface area contributed by atoms with E-state index in [1.165, 1.54) is 32.4 Å². The SMILES string of the molecule is COC(=O)c1c(C)[nH]c(C(=O)[C@@H](C)OC(=O)c2cc(Cl)ccn2)c1C. The molecule has 2 aromatic rings. The lowest BCUT2D eigenvalue weighted by Gasteiger charge is -2.12. The number of halogens is 1. The summed E-state index contributed by atoms with van der Waals surface area (Å²) in [5.41, 5.74) is 1.43. The van der Waals surface area contributed by atoms with Crippen molar-refractivity contribution >= 4 is 29.3 Å². The summed E-state index contributed by atoms with van der Waals surface area (Å²) in [4.78, 5) is 43.1. The second-order valence-corrected chi connectivity index (χ2v) is 5.82. The standard InChI is InChI=1S/C17H17ClN2O5/c1-8-13(17(23)24-4)9(2)20-14(8)15(21)10(3)25-16(22)12-7-11(18)5-6-19-12/h5-7,10,20H,1-4H3/t10-/m1/s1. The lowest BCUT2D eigenvalue weighted by atomic mass is 10.1. The number of hydrogen-bond donors (Lipinski definition) is 1. The van der Waals surface area contributed by atoms with E-state index in [0.717, 1.165) is 0 Å². The minimum atomic E-state index is -1.07. The number of pyridine rings is 1. The summed E-state index contributed by atoms with van der Waals surface area (Å²) >= 11 is 5.80. The van der Waals surface area contributed by atoms with Crippen LogP contribution in [0.3, 0.4) is 0 Å². The molecule has 0 aliphatic carbocycles. The number of ketones is 1. The van der Waals surface area contributed by atoms with Crippen molar-refractivity contribution in [2.75, 3.05) is 7.11 Å². The number of carbonyl (C=O) groups excluding carboxylic acids is 3. The van der Waals surface area contributed by atoms with Crippen molar-refractivity contribution in [2.45, 2.75) is 26.9 Å². The van der Waals surface area contributed by atoms with E-state index in [2.05, 4.69) is 9.97 Å². The number of aromatic nitrogens is 2. The molecule has 8 heteroatoms. The van der Waals surface area contributed by atoms with Gasteiger partial charge in [0.05, 0.1) is 18.4 Å². The van der Waals surface area contributed by atoms with Crippen molar-refractivity contribution in [3.8, 4) is 0 Å². The van der Waals surface area contributed by atoms with Crippen molar-refractivity contribution in [1.29, 1.82) is 0 Å². The number of methoxy groups -OCH3 is 1. The van der Waals surface area contributed by atoms with Crippen LogP contribution in [0, 0.1) is 13.8 Å². The van der Waals surface area contributed by atoms with Crippen LogP contribution in [0.5, 0.6) is 0 Å². The topological polar surface area (TPSA) is 98.4 Å². The number of carbonyl (C=O) groups is 3. The molecule has 0 bridgehead atoms. The molecular weight excluding hydrogens is 348 g/mol. The Balaban J connectivity index is 2.20. The van der Waals surface area contributed by atoms with Gasteiger partial charge in [-0.15, -0.1) is 0 Å². The summed E-state index contributed by atoms with van der Waals surface area (Å²) in [5, 5.41) is 0.333. The number of aromatic amines is 1.